The van der Waals surface area contributed by atoms with Crippen LogP contribution in [0.4, 0.5) is 5.69 Å². The number of nitrogens with one attached hydrogen (secondary N) is 1. The third-order valence-electron chi connectivity index (χ3n) is 4.10. The fourth-order valence-corrected chi connectivity index (χ4v) is 2.90. The van der Waals surface area contributed by atoms with Gasteiger partial charge in [-0.3, -0.25) is 14.9 Å². The van der Waals surface area contributed by atoms with Crippen LogP contribution < -0.4 is 5.32 Å². The molecule has 1 fully saturated rings. The molecule has 0 saturated heterocycles. The Morgan fingerprint density at radius 3 is 2.52 bits per heavy atom. The number of rotatable bonds is 7. The van der Waals surface area contributed by atoms with E-state index in [4.69, 9.17) is 0 Å². The van der Waals surface area contributed by atoms with Gasteiger partial charge in [-0.05, 0) is 24.3 Å². The first kappa shape index (κ1) is 15.5. The van der Waals surface area contributed by atoms with E-state index in [2.05, 4.69) is 5.32 Å². The third-order valence-corrected chi connectivity index (χ3v) is 4.10. The second kappa shape index (κ2) is 7.76. The maximum atomic E-state index is 11.8. The maximum absolute atomic E-state index is 11.8. The summed E-state index contributed by atoms with van der Waals surface area (Å²) in [4.78, 5) is 21.9. The molecule has 21 heavy (non-hydrogen) atoms. The van der Waals surface area contributed by atoms with Crippen molar-refractivity contribution in [3.05, 3.63) is 39.9 Å². The van der Waals surface area contributed by atoms with Crippen LogP contribution in [0.25, 0.3) is 0 Å². The van der Waals surface area contributed by atoms with Crippen molar-refractivity contribution in [1.82, 2.24) is 5.32 Å². The molecule has 5 heteroatoms. The van der Waals surface area contributed by atoms with E-state index < -0.39 is 4.92 Å². The van der Waals surface area contributed by atoms with Gasteiger partial charge in [0, 0.05) is 18.7 Å². The molecule has 0 radical (unpaired) electrons. The van der Waals surface area contributed by atoms with Gasteiger partial charge in [0.25, 0.3) is 5.69 Å². The van der Waals surface area contributed by atoms with Crippen molar-refractivity contribution in [2.75, 3.05) is 6.54 Å². The van der Waals surface area contributed by atoms with Crippen molar-refractivity contribution < 1.29 is 9.72 Å². The standard InChI is InChI=1S/C16H22N2O3/c19-16(17-11-3-6-13-4-1-2-5-13)12-14-7-9-15(10-8-14)18(20)21/h7-10,13H,1-6,11-12H2,(H,17,19). The molecule has 1 aliphatic rings. The molecule has 1 N–H and O–H groups in total. The largest absolute Gasteiger partial charge is 0.356 e. The molecule has 0 aromatic heterocycles. The van der Waals surface area contributed by atoms with E-state index >= 15 is 0 Å². The normalized spacial score (nSPS) is 15.0. The Morgan fingerprint density at radius 1 is 1.24 bits per heavy atom. The summed E-state index contributed by atoms with van der Waals surface area (Å²) < 4.78 is 0. The van der Waals surface area contributed by atoms with Gasteiger partial charge in [-0.1, -0.05) is 37.8 Å². The Hall–Kier alpha value is -1.91. The Labute approximate surface area is 124 Å². The molecule has 1 aromatic carbocycles. The molecule has 1 saturated carbocycles. The van der Waals surface area contributed by atoms with E-state index in [0.717, 1.165) is 24.4 Å². The second-order valence-corrected chi connectivity index (χ2v) is 5.74. The molecule has 0 atom stereocenters. The second-order valence-electron chi connectivity index (χ2n) is 5.74. The van der Waals surface area contributed by atoms with Gasteiger partial charge in [0.1, 0.15) is 0 Å². The minimum Gasteiger partial charge on any atom is -0.356 e. The lowest BCUT2D eigenvalue weighted by atomic mass is 10.0. The van der Waals surface area contributed by atoms with Crippen LogP contribution in [-0.2, 0) is 11.2 Å². The molecule has 0 aliphatic heterocycles. The van der Waals surface area contributed by atoms with Gasteiger partial charge in [-0.2, -0.15) is 0 Å². The van der Waals surface area contributed by atoms with E-state index in [0.29, 0.717) is 0 Å². The van der Waals surface area contributed by atoms with Gasteiger partial charge in [-0.25, -0.2) is 0 Å². The summed E-state index contributed by atoms with van der Waals surface area (Å²) in [7, 11) is 0. The molecule has 0 heterocycles. The van der Waals surface area contributed by atoms with Crippen LogP contribution in [0.5, 0.6) is 0 Å². The van der Waals surface area contributed by atoms with Gasteiger partial charge in [0.05, 0.1) is 11.3 Å². The Bertz CT molecular complexity index is 479. The number of benzene rings is 1. The SMILES string of the molecule is O=C(Cc1ccc([N+](=O)[O-])cc1)NCCCC1CCCC1. The first-order valence-corrected chi connectivity index (χ1v) is 7.65. The van der Waals surface area contributed by atoms with E-state index in [1.165, 1.54) is 44.2 Å². The van der Waals surface area contributed by atoms with Crippen molar-refractivity contribution in [3.8, 4) is 0 Å². The molecule has 1 aromatic rings. The first-order chi connectivity index (χ1) is 10.1. The smallest absolute Gasteiger partial charge is 0.269 e. The van der Waals surface area contributed by atoms with Crippen LogP contribution in [0, 0.1) is 16.0 Å². The monoisotopic (exact) mass is 290 g/mol. The number of nitro groups is 1. The number of carbonyl (C=O) groups excluding carboxylic acids is 1. The summed E-state index contributed by atoms with van der Waals surface area (Å²) in [6.07, 6.45) is 7.93. The van der Waals surface area contributed by atoms with E-state index in [1.54, 1.807) is 12.1 Å². The molecule has 0 bridgehead atoms. The predicted octanol–water partition coefficient (Wildman–Crippen LogP) is 3.22. The highest BCUT2D eigenvalue weighted by Gasteiger charge is 2.14. The van der Waals surface area contributed by atoms with Crippen LogP contribution in [0.15, 0.2) is 24.3 Å². The van der Waals surface area contributed by atoms with Gasteiger partial charge in [0.2, 0.25) is 5.91 Å². The van der Waals surface area contributed by atoms with Crippen LogP contribution in [0.3, 0.4) is 0 Å². The van der Waals surface area contributed by atoms with Crippen molar-refractivity contribution in [2.45, 2.75) is 44.9 Å². The first-order valence-electron chi connectivity index (χ1n) is 7.65. The molecule has 0 spiro atoms. The number of nitro benzene ring substituents is 1. The Morgan fingerprint density at radius 2 is 1.90 bits per heavy atom. The predicted molar refractivity (Wildman–Crippen MR) is 81.0 cm³/mol. The molecular formula is C16H22N2O3. The number of hydrogen-bond donors (Lipinski definition) is 1. The van der Waals surface area contributed by atoms with Crippen LogP contribution in [-0.4, -0.2) is 17.4 Å². The van der Waals surface area contributed by atoms with Gasteiger partial charge >= 0.3 is 0 Å². The molecule has 0 unspecified atom stereocenters. The number of nitrogens with zero attached hydrogens (tertiary/aromatic N) is 1. The van der Waals surface area contributed by atoms with Crippen molar-refractivity contribution in [3.63, 3.8) is 0 Å². The highest BCUT2D eigenvalue weighted by molar-refractivity contribution is 5.78. The molecule has 1 amide bonds. The van der Waals surface area contributed by atoms with E-state index in [1.807, 2.05) is 0 Å². The minimum atomic E-state index is -0.438. The summed E-state index contributed by atoms with van der Waals surface area (Å²) in [5, 5.41) is 13.5. The van der Waals surface area contributed by atoms with Crippen molar-refractivity contribution in [2.24, 2.45) is 5.92 Å². The summed E-state index contributed by atoms with van der Waals surface area (Å²) in [6, 6.07) is 6.14. The topological polar surface area (TPSA) is 72.2 Å². The molecule has 2 rings (SSSR count). The number of carbonyl (C=O) groups is 1. The number of non-ortho nitro benzene ring substituents is 1. The lowest BCUT2D eigenvalue weighted by molar-refractivity contribution is -0.384. The lowest BCUT2D eigenvalue weighted by Gasteiger charge is -2.09. The van der Waals surface area contributed by atoms with Crippen molar-refractivity contribution >= 4 is 11.6 Å². The van der Waals surface area contributed by atoms with Crippen LogP contribution in [0.2, 0.25) is 0 Å². The highest BCUT2D eigenvalue weighted by atomic mass is 16.6. The molecule has 5 nitrogen and oxygen atoms in total. The summed E-state index contributed by atoms with van der Waals surface area (Å²) in [5.74, 6) is 0.840. The maximum Gasteiger partial charge on any atom is 0.269 e. The minimum absolute atomic E-state index is 0.0183. The van der Waals surface area contributed by atoms with Crippen LogP contribution in [0.1, 0.15) is 44.1 Å². The fourth-order valence-electron chi connectivity index (χ4n) is 2.90. The van der Waals surface area contributed by atoms with Crippen LogP contribution >= 0.6 is 0 Å². The van der Waals surface area contributed by atoms with Crippen molar-refractivity contribution in [1.29, 1.82) is 0 Å². The summed E-state index contributed by atoms with van der Waals surface area (Å²) in [5.41, 5.74) is 0.851. The van der Waals surface area contributed by atoms with E-state index in [-0.39, 0.29) is 18.0 Å². The summed E-state index contributed by atoms with van der Waals surface area (Å²) >= 11 is 0. The average Bonchev–Trinajstić information content (AvgIpc) is 2.97. The number of amides is 1. The quantitative estimate of drug-likeness (QED) is 0.476. The zero-order valence-corrected chi connectivity index (χ0v) is 12.2. The van der Waals surface area contributed by atoms with E-state index in [9.17, 15) is 14.9 Å². The van der Waals surface area contributed by atoms with Gasteiger partial charge in [0.15, 0.2) is 0 Å². The zero-order valence-electron chi connectivity index (χ0n) is 12.2. The molecular weight excluding hydrogens is 268 g/mol. The fraction of sp³-hybridized carbons (Fsp3) is 0.562. The average molecular weight is 290 g/mol. The van der Waals surface area contributed by atoms with Gasteiger partial charge in [-0.15, -0.1) is 0 Å². The van der Waals surface area contributed by atoms with Gasteiger partial charge < -0.3 is 5.32 Å². The molecule has 114 valence electrons. The zero-order chi connectivity index (χ0) is 15.1. The highest BCUT2D eigenvalue weighted by Crippen LogP contribution is 2.28. The third kappa shape index (κ3) is 5.17. The molecule has 1 aliphatic carbocycles. The number of hydrogen-bond acceptors (Lipinski definition) is 3. The lowest BCUT2D eigenvalue weighted by Crippen LogP contribution is -2.26. The Balaban J connectivity index is 1.65. The Kier molecular flexibility index (Phi) is 5.72. The summed E-state index contributed by atoms with van der Waals surface area (Å²) in [6.45, 7) is 0.725.